The van der Waals surface area contributed by atoms with Crippen LogP contribution in [-0.4, -0.2) is 24.4 Å². The van der Waals surface area contributed by atoms with Crippen LogP contribution in [0.4, 0.5) is 0 Å². The van der Waals surface area contributed by atoms with Gasteiger partial charge in [-0.2, -0.15) is 0 Å². The van der Waals surface area contributed by atoms with Crippen LogP contribution in [0.3, 0.4) is 0 Å². The van der Waals surface area contributed by atoms with Crippen LogP contribution < -0.4 is 10.6 Å². The highest BCUT2D eigenvalue weighted by Crippen LogP contribution is 2.25. The average Bonchev–Trinajstić information content (AvgIpc) is 3.08. The van der Waals surface area contributed by atoms with Crippen LogP contribution in [0.2, 0.25) is 0 Å². The quantitative estimate of drug-likeness (QED) is 0.889. The topological polar surface area (TPSA) is 58.2 Å². The van der Waals surface area contributed by atoms with Crippen molar-refractivity contribution in [1.29, 1.82) is 0 Å². The van der Waals surface area contributed by atoms with E-state index in [2.05, 4.69) is 10.6 Å². The van der Waals surface area contributed by atoms with Crippen LogP contribution in [-0.2, 0) is 0 Å². The second-order valence-electron chi connectivity index (χ2n) is 6.21. The summed E-state index contributed by atoms with van der Waals surface area (Å²) in [4.78, 5) is 24.5. The van der Waals surface area contributed by atoms with Gasteiger partial charge in [0.05, 0.1) is 0 Å². The maximum Gasteiger partial charge on any atom is 0.251 e. The third kappa shape index (κ3) is 4.02. The molecule has 0 heterocycles. The minimum absolute atomic E-state index is 0.0399. The molecule has 1 aliphatic rings. The fraction of sp³-hybridized carbons (Fsp3) is 0.300. The van der Waals surface area contributed by atoms with Crippen molar-refractivity contribution >= 4 is 11.8 Å². The summed E-state index contributed by atoms with van der Waals surface area (Å²) in [5.74, 6) is 0.183. The van der Waals surface area contributed by atoms with Gasteiger partial charge in [0.1, 0.15) is 0 Å². The predicted octanol–water partition coefficient (Wildman–Crippen LogP) is 3.02. The SMILES string of the molecule is O=C(NC[C@H]1CCC[C@H]1NC(=O)c1ccccc1)c1ccccc1. The molecule has 0 radical (unpaired) electrons. The van der Waals surface area contributed by atoms with E-state index in [1.54, 1.807) is 12.1 Å². The van der Waals surface area contributed by atoms with Gasteiger partial charge in [-0.15, -0.1) is 0 Å². The van der Waals surface area contributed by atoms with E-state index in [1.165, 1.54) is 0 Å². The zero-order chi connectivity index (χ0) is 16.8. The molecule has 3 rings (SSSR count). The highest BCUT2D eigenvalue weighted by molar-refractivity contribution is 5.94. The van der Waals surface area contributed by atoms with Gasteiger partial charge in [0.15, 0.2) is 0 Å². The number of amides is 2. The first kappa shape index (κ1) is 16.2. The highest BCUT2D eigenvalue weighted by atomic mass is 16.2. The van der Waals surface area contributed by atoms with Crippen molar-refractivity contribution in [3.05, 3.63) is 71.8 Å². The molecule has 1 saturated carbocycles. The van der Waals surface area contributed by atoms with Crippen LogP contribution in [0.15, 0.2) is 60.7 Å². The molecule has 0 unspecified atom stereocenters. The van der Waals surface area contributed by atoms with Crippen molar-refractivity contribution in [3.8, 4) is 0 Å². The molecule has 124 valence electrons. The van der Waals surface area contributed by atoms with E-state index < -0.39 is 0 Å². The van der Waals surface area contributed by atoms with Crippen molar-refractivity contribution in [1.82, 2.24) is 10.6 Å². The van der Waals surface area contributed by atoms with E-state index in [4.69, 9.17) is 0 Å². The fourth-order valence-electron chi connectivity index (χ4n) is 3.23. The molecule has 1 fully saturated rings. The van der Waals surface area contributed by atoms with Crippen LogP contribution >= 0.6 is 0 Å². The number of hydrogen-bond donors (Lipinski definition) is 2. The van der Waals surface area contributed by atoms with Gasteiger partial charge in [-0.1, -0.05) is 42.8 Å². The molecule has 0 bridgehead atoms. The summed E-state index contributed by atoms with van der Waals surface area (Å²) in [6.07, 6.45) is 3.06. The van der Waals surface area contributed by atoms with Crippen molar-refractivity contribution in [2.75, 3.05) is 6.54 Å². The first-order valence-electron chi connectivity index (χ1n) is 8.43. The average molecular weight is 322 g/mol. The Morgan fingerprint density at radius 1 is 0.833 bits per heavy atom. The Morgan fingerprint density at radius 3 is 2.04 bits per heavy atom. The van der Waals surface area contributed by atoms with Crippen molar-refractivity contribution < 1.29 is 9.59 Å². The molecule has 2 aromatic carbocycles. The number of rotatable bonds is 5. The number of carbonyl (C=O) groups is 2. The van der Waals surface area contributed by atoms with Gasteiger partial charge >= 0.3 is 0 Å². The summed E-state index contributed by atoms with van der Waals surface area (Å²) in [5.41, 5.74) is 1.34. The van der Waals surface area contributed by atoms with Crippen molar-refractivity contribution in [2.45, 2.75) is 25.3 Å². The molecule has 0 spiro atoms. The van der Waals surface area contributed by atoms with Crippen molar-refractivity contribution in [2.24, 2.45) is 5.92 Å². The lowest BCUT2D eigenvalue weighted by molar-refractivity contribution is 0.0922. The van der Waals surface area contributed by atoms with Crippen LogP contribution in [0.5, 0.6) is 0 Å². The minimum atomic E-state index is -0.0596. The van der Waals surface area contributed by atoms with Gasteiger partial charge in [-0.25, -0.2) is 0 Å². The summed E-state index contributed by atoms with van der Waals surface area (Å²) < 4.78 is 0. The molecule has 0 saturated heterocycles. The molecule has 1 aliphatic carbocycles. The smallest absolute Gasteiger partial charge is 0.251 e. The Hall–Kier alpha value is -2.62. The fourth-order valence-corrected chi connectivity index (χ4v) is 3.23. The standard InChI is InChI=1S/C20H22N2O2/c23-19(15-8-3-1-4-9-15)21-14-17-12-7-13-18(17)22-20(24)16-10-5-2-6-11-16/h1-6,8-11,17-18H,7,12-14H2,(H,21,23)(H,22,24)/t17-,18-/m1/s1. The lowest BCUT2D eigenvalue weighted by atomic mass is 10.0. The summed E-state index contributed by atoms with van der Waals surface area (Å²) >= 11 is 0. The van der Waals surface area contributed by atoms with E-state index in [-0.39, 0.29) is 23.8 Å². The summed E-state index contributed by atoms with van der Waals surface area (Å²) in [6, 6.07) is 18.6. The second kappa shape index (κ2) is 7.77. The van der Waals surface area contributed by atoms with Crippen LogP contribution in [0.1, 0.15) is 40.0 Å². The number of hydrogen-bond acceptors (Lipinski definition) is 2. The Kier molecular flexibility index (Phi) is 5.26. The molecular weight excluding hydrogens is 300 g/mol. The van der Waals surface area contributed by atoms with Gasteiger partial charge in [0.2, 0.25) is 0 Å². The molecule has 2 aromatic rings. The molecule has 24 heavy (non-hydrogen) atoms. The Bertz CT molecular complexity index is 685. The Morgan fingerprint density at radius 2 is 1.42 bits per heavy atom. The maximum atomic E-state index is 12.3. The number of nitrogens with one attached hydrogen (secondary N) is 2. The molecule has 4 nitrogen and oxygen atoms in total. The van der Waals surface area contributed by atoms with Gasteiger partial charge in [-0.05, 0) is 43.0 Å². The van der Waals surface area contributed by atoms with E-state index in [1.807, 2.05) is 48.5 Å². The molecule has 4 heteroatoms. The van der Waals surface area contributed by atoms with E-state index in [0.29, 0.717) is 17.7 Å². The zero-order valence-electron chi connectivity index (χ0n) is 13.6. The predicted molar refractivity (Wildman–Crippen MR) is 93.8 cm³/mol. The summed E-state index contributed by atoms with van der Waals surface area (Å²) in [7, 11) is 0. The van der Waals surface area contributed by atoms with Crippen LogP contribution in [0, 0.1) is 5.92 Å². The van der Waals surface area contributed by atoms with E-state index >= 15 is 0 Å². The monoisotopic (exact) mass is 322 g/mol. The zero-order valence-corrected chi connectivity index (χ0v) is 13.6. The number of benzene rings is 2. The molecule has 2 atom stereocenters. The lowest BCUT2D eigenvalue weighted by Gasteiger charge is -2.21. The van der Waals surface area contributed by atoms with E-state index in [0.717, 1.165) is 19.3 Å². The maximum absolute atomic E-state index is 12.3. The largest absolute Gasteiger partial charge is 0.352 e. The lowest BCUT2D eigenvalue weighted by Crippen LogP contribution is -2.42. The third-order valence-electron chi connectivity index (χ3n) is 4.57. The highest BCUT2D eigenvalue weighted by Gasteiger charge is 2.29. The molecule has 2 amide bonds. The number of carbonyl (C=O) groups excluding carboxylic acids is 2. The van der Waals surface area contributed by atoms with Gasteiger partial charge in [0.25, 0.3) is 11.8 Å². The molecule has 0 aliphatic heterocycles. The Balaban J connectivity index is 1.54. The van der Waals surface area contributed by atoms with Gasteiger partial charge < -0.3 is 10.6 Å². The van der Waals surface area contributed by atoms with Crippen molar-refractivity contribution in [3.63, 3.8) is 0 Å². The van der Waals surface area contributed by atoms with Crippen LogP contribution in [0.25, 0.3) is 0 Å². The molecule has 0 aromatic heterocycles. The second-order valence-corrected chi connectivity index (χ2v) is 6.21. The third-order valence-corrected chi connectivity index (χ3v) is 4.57. The van der Waals surface area contributed by atoms with E-state index in [9.17, 15) is 9.59 Å². The summed E-state index contributed by atoms with van der Waals surface area (Å²) in [5, 5.41) is 6.11. The molecule has 2 N–H and O–H groups in total. The van der Waals surface area contributed by atoms with Gasteiger partial charge in [0, 0.05) is 23.7 Å². The Labute approximate surface area is 142 Å². The normalized spacial score (nSPS) is 19.7. The summed E-state index contributed by atoms with van der Waals surface area (Å²) in [6.45, 7) is 0.591. The van der Waals surface area contributed by atoms with Gasteiger partial charge in [-0.3, -0.25) is 9.59 Å². The molecular formula is C20H22N2O2. The first-order chi connectivity index (χ1) is 11.7. The minimum Gasteiger partial charge on any atom is -0.352 e. The first-order valence-corrected chi connectivity index (χ1v) is 8.43.